The molecule has 7 nitrogen and oxygen atoms in total. The zero-order valence-electron chi connectivity index (χ0n) is 32.5. The zero-order chi connectivity index (χ0) is 39.0. The molecule has 11 rings (SSSR count). The molecule has 0 unspecified atom stereocenters. The summed E-state index contributed by atoms with van der Waals surface area (Å²) in [5.41, 5.74) is 11.1. The first-order chi connectivity index (χ1) is 28.4. The van der Waals surface area contributed by atoms with Crippen molar-refractivity contribution in [1.82, 2.24) is 19.1 Å². The van der Waals surface area contributed by atoms with E-state index in [1.54, 1.807) is 0 Å². The molecule has 4 aromatic heterocycles. The Balaban J connectivity index is 0.978. The van der Waals surface area contributed by atoms with E-state index >= 15 is 0 Å². The Labute approximate surface area is 336 Å². The molecular formula is C51H40N6O. The van der Waals surface area contributed by atoms with Gasteiger partial charge in [-0.25, -0.2) is 4.98 Å². The van der Waals surface area contributed by atoms with Gasteiger partial charge in [0.05, 0.1) is 45.3 Å². The van der Waals surface area contributed by atoms with Gasteiger partial charge >= 0.3 is 0 Å². The summed E-state index contributed by atoms with van der Waals surface area (Å²) in [7, 11) is 0. The number of hydrogen-bond acceptors (Lipinski definition) is 5. The fraction of sp³-hybridized carbons (Fsp3) is 0.0980. The molecule has 0 radical (unpaired) electrons. The molecular weight excluding hydrogens is 713 g/mol. The number of nitrogens with zero attached hydrogens (tertiary/aromatic N) is 6. The lowest BCUT2D eigenvalue weighted by molar-refractivity contribution is 0.483. The number of fused-ring (bicyclic) bond motifs is 7. The number of hydrogen-bond donors (Lipinski definition) is 0. The minimum Gasteiger partial charge on any atom is -0.457 e. The highest BCUT2D eigenvalue weighted by molar-refractivity contribution is 6.14. The maximum absolute atomic E-state index is 6.72. The minimum absolute atomic E-state index is 0.00533. The predicted octanol–water partition coefficient (Wildman–Crippen LogP) is 13.0. The zero-order valence-corrected chi connectivity index (χ0v) is 32.5. The number of aromatic nitrogens is 4. The molecule has 0 aliphatic carbocycles. The van der Waals surface area contributed by atoms with Crippen LogP contribution in [0.5, 0.6) is 11.5 Å². The third-order valence-corrected chi connectivity index (χ3v) is 11.5. The Hall–Kier alpha value is -7.38. The van der Waals surface area contributed by atoms with Crippen LogP contribution >= 0.6 is 0 Å². The third-order valence-electron chi connectivity index (χ3n) is 11.5. The lowest BCUT2D eigenvalue weighted by atomic mass is 9.88. The smallest absolute Gasteiger partial charge is 0.137 e. The summed E-state index contributed by atoms with van der Waals surface area (Å²) < 4.78 is 11.4. The van der Waals surface area contributed by atoms with E-state index in [9.17, 15) is 0 Å². The summed E-state index contributed by atoms with van der Waals surface area (Å²) in [5, 5.41) is 4.78. The highest BCUT2D eigenvalue weighted by Gasteiger charge is 2.31. The predicted molar refractivity (Wildman–Crippen MR) is 238 cm³/mol. The number of anilines is 4. The van der Waals surface area contributed by atoms with Gasteiger partial charge in [0.2, 0.25) is 0 Å². The summed E-state index contributed by atoms with van der Waals surface area (Å²) >= 11 is 0. The van der Waals surface area contributed by atoms with Crippen LogP contribution in [0.15, 0.2) is 176 Å². The van der Waals surface area contributed by atoms with E-state index in [-0.39, 0.29) is 5.41 Å². The maximum Gasteiger partial charge on any atom is 0.137 e. The number of rotatable bonds is 6. The van der Waals surface area contributed by atoms with Crippen LogP contribution in [0.3, 0.4) is 0 Å². The number of ether oxygens (including phenoxy) is 1. The van der Waals surface area contributed by atoms with Gasteiger partial charge in [-0.1, -0.05) is 93.6 Å². The van der Waals surface area contributed by atoms with Crippen LogP contribution in [-0.4, -0.2) is 25.8 Å². The first kappa shape index (κ1) is 33.9. The standard InChI is InChI=1S/C51H40N6O/c1-51(2,3)34-25-28-53-49(29-34)57-44-21-10-7-17-39(44)41-24-23-38(31-47(41)57)58-37-16-11-15-36(30-37)54-33-55(48-32-52-27-26-45(48)54)46-22-12-19-42-40-18-8-9-20-43(40)56(50(42)46)35-13-5-4-6-14-35/h4-32H,33H2,1-3H3. The summed E-state index contributed by atoms with van der Waals surface area (Å²) in [6.45, 7) is 7.31. The number of pyridine rings is 2. The van der Waals surface area contributed by atoms with Crippen molar-refractivity contribution >= 4 is 66.4 Å². The fourth-order valence-corrected chi connectivity index (χ4v) is 8.72. The van der Waals surface area contributed by atoms with Crippen LogP contribution in [0.2, 0.25) is 0 Å². The van der Waals surface area contributed by atoms with Crippen LogP contribution in [-0.2, 0) is 5.41 Å². The first-order valence-corrected chi connectivity index (χ1v) is 19.8. The van der Waals surface area contributed by atoms with Crippen LogP contribution in [0.4, 0.5) is 22.7 Å². The van der Waals surface area contributed by atoms with E-state index in [0.29, 0.717) is 6.67 Å². The average Bonchev–Trinajstić information content (AvgIpc) is 3.92. The lowest BCUT2D eigenvalue weighted by Crippen LogP contribution is -2.24. The summed E-state index contributed by atoms with van der Waals surface area (Å²) in [4.78, 5) is 14.2. The molecule has 0 spiro atoms. The second-order valence-electron chi connectivity index (χ2n) is 16.0. The molecule has 0 saturated carbocycles. The van der Waals surface area contributed by atoms with Gasteiger partial charge in [0, 0.05) is 57.4 Å². The Morgan fingerprint density at radius 3 is 2.02 bits per heavy atom. The maximum atomic E-state index is 6.72. The van der Waals surface area contributed by atoms with Gasteiger partial charge in [-0.05, 0) is 83.8 Å². The molecule has 0 fully saturated rings. The van der Waals surface area contributed by atoms with Gasteiger partial charge < -0.3 is 19.1 Å². The molecule has 0 atom stereocenters. The largest absolute Gasteiger partial charge is 0.457 e. The Kier molecular flexibility index (Phi) is 7.66. The van der Waals surface area contributed by atoms with Gasteiger partial charge in [0.25, 0.3) is 0 Å². The van der Waals surface area contributed by atoms with E-state index < -0.39 is 0 Å². The lowest BCUT2D eigenvalue weighted by Gasteiger charge is -2.24. The molecule has 6 aromatic carbocycles. The molecule has 58 heavy (non-hydrogen) atoms. The second-order valence-corrected chi connectivity index (χ2v) is 16.0. The normalized spacial score (nSPS) is 12.9. The minimum atomic E-state index is -0.00533. The van der Waals surface area contributed by atoms with Crippen molar-refractivity contribution < 1.29 is 4.74 Å². The monoisotopic (exact) mass is 752 g/mol. The average molecular weight is 753 g/mol. The Morgan fingerprint density at radius 1 is 0.500 bits per heavy atom. The molecule has 7 heteroatoms. The molecule has 1 aliphatic rings. The first-order valence-electron chi connectivity index (χ1n) is 19.8. The van der Waals surface area contributed by atoms with Crippen LogP contribution in [0, 0.1) is 0 Å². The van der Waals surface area contributed by atoms with Gasteiger partial charge in [-0.3, -0.25) is 9.55 Å². The number of para-hydroxylation sites is 4. The third kappa shape index (κ3) is 5.42. The quantitative estimate of drug-likeness (QED) is 0.169. The molecule has 5 heterocycles. The van der Waals surface area contributed by atoms with E-state index in [1.165, 1.54) is 27.2 Å². The Morgan fingerprint density at radius 2 is 1.19 bits per heavy atom. The van der Waals surface area contributed by atoms with Crippen LogP contribution in [0.1, 0.15) is 26.3 Å². The highest BCUT2D eigenvalue weighted by atomic mass is 16.5. The van der Waals surface area contributed by atoms with Crippen molar-refractivity contribution in [3.63, 3.8) is 0 Å². The Bertz CT molecular complexity index is 3190. The highest BCUT2D eigenvalue weighted by Crippen LogP contribution is 2.48. The van der Waals surface area contributed by atoms with Crippen molar-refractivity contribution in [3.05, 3.63) is 182 Å². The van der Waals surface area contributed by atoms with Crippen molar-refractivity contribution in [2.45, 2.75) is 26.2 Å². The van der Waals surface area contributed by atoms with E-state index in [4.69, 9.17) is 9.72 Å². The topological polar surface area (TPSA) is 51.4 Å². The molecule has 0 amide bonds. The van der Waals surface area contributed by atoms with E-state index in [0.717, 1.165) is 67.7 Å². The van der Waals surface area contributed by atoms with Crippen molar-refractivity contribution in [2.75, 3.05) is 16.5 Å². The number of benzene rings is 6. The molecule has 0 N–H and O–H groups in total. The van der Waals surface area contributed by atoms with Crippen molar-refractivity contribution in [3.8, 4) is 23.0 Å². The van der Waals surface area contributed by atoms with Crippen molar-refractivity contribution in [2.24, 2.45) is 0 Å². The SMILES string of the molecule is CC(C)(C)c1ccnc(-n2c3ccccc3c3ccc(Oc4cccc(N5CN(c6cccc7c8ccccc8n(-c8ccccc8)c67)c6cnccc65)c4)cc32)c1. The molecule has 1 aliphatic heterocycles. The van der Waals surface area contributed by atoms with Gasteiger partial charge in [-0.15, -0.1) is 0 Å². The molecule has 280 valence electrons. The van der Waals surface area contributed by atoms with Crippen LogP contribution in [0.25, 0.3) is 55.1 Å². The van der Waals surface area contributed by atoms with E-state index in [1.807, 2.05) is 24.7 Å². The van der Waals surface area contributed by atoms with E-state index in [2.05, 4.69) is 196 Å². The second kappa shape index (κ2) is 13.1. The van der Waals surface area contributed by atoms with Crippen molar-refractivity contribution in [1.29, 1.82) is 0 Å². The summed E-state index contributed by atoms with van der Waals surface area (Å²) in [6.07, 6.45) is 5.77. The molecule has 0 saturated heterocycles. The molecule has 10 aromatic rings. The summed E-state index contributed by atoms with van der Waals surface area (Å²) in [5.74, 6) is 2.41. The molecule has 0 bridgehead atoms. The fourth-order valence-electron chi connectivity index (χ4n) is 8.72. The van der Waals surface area contributed by atoms with Gasteiger partial charge in [0.15, 0.2) is 0 Å². The van der Waals surface area contributed by atoms with Gasteiger partial charge in [0.1, 0.15) is 24.0 Å². The summed E-state index contributed by atoms with van der Waals surface area (Å²) in [6, 6.07) is 55.6. The van der Waals surface area contributed by atoms with Crippen LogP contribution < -0.4 is 14.5 Å². The van der Waals surface area contributed by atoms with Gasteiger partial charge in [-0.2, -0.15) is 0 Å².